The largest absolute Gasteiger partial charge is 0.494 e. The van der Waals surface area contributed by atoms with Crippen LogP contribution in [-0.4, -0.2) is 28.4 Å². The van der Waals surface area contributed by atoms with Gasteiger partial charge in [-0.25, -0.2) is 4.98 Å². The lowest BCUT2D eigenvalue weighted by atomic mass is 10.1. The first kappa shape index (κ1) is 20.5. The van der Waals surface area contributed by atoms with E-state index in [9.17, 15) is 9.59 Å². The average molecular weight is 433 g/mol. The third kappa shape index (κ3) is 4.70. The lowest BCUT2D eigenvalue weighted by molar-refractivity contribution is 0.102. The number of carbonyl (C=O) groups is 2. The van der Waals surface area contributed by atoms with Gasteiger partial charge in [0.1, 0.15) is 11.4 Å². The number of benzene rings is 2. The van der Waals surface area contributed by atoms with Crippen molar-refractivity contribution in [2.75, 3.05) is 17.2 Å². The van der Waals surface area contributed by atoms with E-state index in [0.717, 1.165) is 21.5 Å². The lowest BCUT2D eigenvalue weighted by Gasteiger charge is -2.11. The summed E-state index contributed by atoms with van der Waals surface area (Å²) in [6.07, 6.45) is 1.54. The molecular weight excluding hydrogens is 412 g/mol. The van der Waals surface area contributed by atoms with Crippen LogP contribution in [0.5, 0.6) is 5.75 Å². The Hall–Kier alpha value is -3.78. The van der Waals surface area contributed by atoms with Gasteiger partial charge in [-0.1, -0.05) is 29.0 Å². The molecule has 2 amide bonds. The number of aromatic nitrogens is 2. The van der Waals surface area contributed by atoms with Gasteiger partial charge >= 0.3 is 0 Å². The maximum absolute atomic E-state index is 13.0. The molecule has 0 radical (unpaired) electrons. The second-order valence-electron chi connectivity index (χ2n) is 6.75. The van der Waals surface area contributed by atoms with Crippen molar-refractivity contribution in [3.63, 3.8) is 0 Å². The van der Waals surface area contributed by atoms with Crippen LogP contribution >= 0.6 is 11.3 Å². The number of hydrogen-bond acceptors (Lipinski definition) is 6. The molecule has 0 aliphatic rings. The minimum absolute atomic E-state index is 0.269. The van der Waals surface area contributed by atoms with Crippen LogP contribution in [0.15, 0.2) is 60.8 Å². The predicted octanol–water partition coefficient (Wildman–Crippen LogP) is 4.90. The number of nitrogens with zero attached hydrogens (tertiary/aromatic N) is 2. The Morgan fingerprint density at radius 2 is 1.90 bits per heavy atom. The highest BCUT2D eigenvalue weighted by molar-refractivity contribution is 7.22. The van der Waals surface area contributed by atoms with Crippen molar-refractivity contribution in [3.05, 3.63) is 77.6 Å². The van der Waals surface area contributed by atoms with E-state index in [1.807, 2.05) is 38.1 Å². The number of nitrogens with one attached hydrogen (secondary N) is 2. The normalized spacial score (nSPS) is 10.6. The smallest absolute Gasteiger partial charge is 0.274 e. The molecule has 4 aromatic rings. The Kier molecular flexibility index (Phi) is 5.90. The average Bonchev–Trinajstić information content (AvgIpc) is 3.17. The number of amides is 2. The molecule has 2 N–H and O–H groups in total. The number of pyridine rings is 1. The third-order valence-electron chi connectivity index (χ3n) is 4.46. The summed E-state index contributed by atoms with van der Waals surface area (Å²) in [5.41, 5.74) is 2.69. The molecule has 7 nitrogen and oxygen atoms in total. The van der Waals surface area contributed by atoms with Gasteiger partial charge in [0.05, 0.1) is 28.1 Å². The van der Waals surface area contributed by atoms with Gasteiger partial charge in [-0.15, -0.1) is 0 Å². The molecule has 2 heterocycles. The van der Waals surface area contributed by atoms with Gasteiger partial charge in [-0.05, 0) is 56.3 Å². The number of anilines is 2. The summed E-state index contributed by atoms with van der Waals surface area (Å²) in [6, 6.07) is 15.9. The first-order valence-electron chi connectivity index (χ1n) is 9.71. The van der Waals surface area contributed by atoms with E-state index in [2.05, 4.69) is 20.6 Å². The quantitative estimate of drug-likeness (QED) is 0.452. The van der Waals surface area contributed by atoms with E-state index in [0.29, 0.717) is 23.0 Å². The van der Waals surface area contributed by atoms with Crippen LogP contribution in [0, 0.1) is 6.92 Å². The van der Waals surface area contributed by atoms with Gasteiger partial charge in [0.2, 0.25) is 0 Å². The maximum Gasteiger partial charge on any atom is 0.274 e. The fourth-order valence-electron chi connectivity index (χ4n) is 3.02. The Balaban J connectivity index is 1.57. The van der Waals surface area contributed by atoms with Crippen LogP contribution in [0.4, 0.5) is 10.8 Å². The second-order valence-corrected chi connectivity index (χ2v) is 7.78. The molecule has 31 heavy (non-hydrogen) atoms. The number of thiazole rings is 1. The van der Waals surface area contributed by atoms with E-state index in [1.54, 1.807) is 36.5 Å². The van der Waals surface area contributed by atoms with Gasteiger partial charge < -0.3 is 10.1 Å². The standard InChI is InChI=1S/C23H20N4O3S/c1-3-30-15-8-10-18-20(13-15)31-23(26-18)27-21(28)16-12-14(2)7-9-17(16)25-22(29)19-6-4-5-11-24-19/h4-13H,3H2,1-2H3,(H,25,29)(H,26,27,28). The summed E-state index contributed by atoms with van der Waals surface area (Å²) in [6.45, 7) is 4.39. The van der Waals surface area contributed by atoms with E-state index in [-0.39, 0.29) is 17.5 Å². The number of fused-ring (bicyclic) bond motifs is 1. The SMILES string of the molecule is CCOc1ccc2nc(NC(=O)c3cc(C)ccc3NC(=O)c3ccccn3)sc2c1. The number of aryl methyl sites for hydroxylation is 1. The Labute approximate surface area is 183 Å². The molecular formula is C23H20N4O3S. The molecule has 0 atom stereocenters. The minimum atomic E-state index is -0.387. The molecule has 4 rings (SSSR count). The highest BCUT2D eigenvalue weighted by atomic mass is 32.1. The number of ether oxygens (including phenoxy) is 1. The van der Waals surface area contributed by atoms with Gasteiger partial charge in [0.15, 0.2) is 5.13 Å². The first-order valence-corrected chi connectivity index (χ1v) is 10.5. The molecule has 2 aromatic carbocycles. The number of hydrogen-bond donors (Lipinski definition) is 2. The third-order valence-corrected chi connectivity index (χ3v) is 5.39. The zero-order valence-corrected chi connectivity index (χ0v) is 17.8. The van der Waals surface area contributed by atoms with Crippen LogP contribution in [0.1, 0.15) is 33.3 Å². The van der Waals surface area contributed by atoms with Gasteiger partial charge in [0.25, 0.3) is 11.8 Å². The van der Waals surface area contributed by atoms with E-state index < -0.39 is 0 Å². The van der Waals surface area contributed by atoms with Gasteiger partial charge in [-0.3, -0.25) is 19.9 Å². The summed E-state index contributed by atoms with van der Waals surface area (Å²) in [7, 11) is 0. The van der Waals surface area contributed by atoms with Gasteiger partial charge in [-0.2, -0.15) is 0 Å². The lowest BCUT2D eigenvalue weighted by Crippen LogP contribution is -2.19. The summed E-state index contributed by atoms with van der Waals surface area (Å²) >= 11 is 1.36. The molecule has 0 spiro atoms. The number of carbonyl (C=O) groups excluding carboxylic acids is 2. The van der Waals surface area contributed by atoms with Crippen LogP contribution < -0.4 is 15.4 Å². The molecule has 0 fully saturated rings. The fourth-order valence-corrected chi connectivity index (χ4v) is 3.91. The molecule has 0 aliphatic heterocycles. The Bertz CT molecular complexity index is 1250. The highest BCUT2D eigenvalue weighted by Gasteiger charge is 2.17. The van der Waals surface area contributed by atoms with Crippen molar-refractivity contribution in [2.24, 2.45) is 0 Å². The predicted molar refractivity (Wildman–Crippen MR) is 122 cm³/mol. The Morgan fingerprint density at radius 1 is 1.03 bits per heavy atom. The zero-order valence-electron chi connectivity index (χ0n) is 17.0. The molecule has 0 saturated carbocycles. The summed E-state index contributed by atoms with van der Waals surface area (Å²) < 4.78 is 6.43. The highest BCUT2D eigenvalue weighted by Crippen LogP contribution is 2.30. The molecule has 2 aromatic heterocycles. The van der Waals surface area contributed by atoms with Crippen molar-refractivity contribution >= 4 is 44.2 Å². The van der Waals surface area contributed by atoms with Crippen LogP contribution in [0.25, 0.3) is 10.2 Å². The van der Waals surface area contributed by atoms with Crippen LogP contribution in [-0.2, 0) is 0 Å². The molecule has 156 valence electrons. The van der Waals surface area contributed by atoms with Gasteiger partial charge in [0, 0.05) is 6.20 Å². The summed E-state index contributed by atoms with van der Waals surface area (Å²) in [4.78, 5) is 34.0. The monoisotopic (exact) mass is 432 g/mol. The van der Waals surface area contributed by atoms with Crippen molar-refractivity contribution in [3.8, 4) is 5.75 Å². The van der Waals surface area contributed by atoms with E-state index >= 15 is 0 Å². The number of rotatable bonds is 6. The summed E-state index contributed by atoms with van der Waals surface area (Å²) in [5, 5.41) is 6.08. The molecule has 0 bridgehead atoms. The topological polar surface area (TPSA) is 93.2 Å². The fraction of sp³-hybridized carbons (Fsp3) is 0.130. The van der Waals surface area contributed by atoms with Crippen molar-refractivity contribution < 1.29 is 14.3 Å². The van der Waals surface area contributed by atoms with Crippen molar-refractivity contribution in [1.82, 2.24) is 9.97 Å². The summed E-state index contributed by atoms with van der Waals surface area (Å²) in [5.74, 6) is 0.0146. The zero-order chi connectivity index (χ0) is 21.8. The van der Waals surface area contributed by atoms with E-state index in [1.165, 1.54) is 11.3 Å². The first-order chi connectivity index (χ1) is 15.0. The van der Waals surface area contributed by atoms with Crippen molar-refractivity contribution in [2.45, 2.75) is 13.8 Å². The maximum atomic E-state index is 13.0. The Morgan fingerprint density at radius 3 is 2.68 bits per heavy atom. The molecule has 0 saturated heterocycles. The molecule has 8 heteroatoms. The molecule has 0 unspecified atom stereocenters. The second kappa shape index (κ2) is 8.93. The molecule has 0 aliphatic carbocycles. The van der Waals surface area contributed by atoms with E-state index in [4.69, 9.17) is 4.74 Å². The van der Waals surface area contributed by atoms with Crippen molar-refractivity contribution in [1.29, 1.82) is 0 Å². The van der Waals surface area contributed by atoms with Crippen LogP contribution in [0.3, 0.4) is 0 Å². The minimum Gasteiger partial charge on any atom is -0.494 e. The van der Waals surface area contributed by atoms with Crippen LogP contribution in [0.2, 0.25) is 0 Å².